The number of nitrogens with one attached hydrogen (secondary N) is 1. The van der Waals surface area contributed by atoms with Gasteiger partial charge in [-0.05, 0) is 6.42 Å². The van der Waals surface area contributed by atoms with Crippen LogP contribution >= 0.6 is 0 Å². The molecule has 0 radical (unpaired) electrons. The number of unbranched alkanes of at least 4 members (excludes halogenated alkanes) is 4. The van der Waals surface area contributed by atoms with Gasteiger partial charge in [0.1, 0.15) is 0 Å². The van der Waals surface area contributed by atoms with Crippen LogP contribution in [-0.2, 0) is 0 Å². The summed E-state index contributed by atoms with van der Waals surface area (Å²) in [4.78, 5) is 0. The molecule has 0 rings (SSSR count). The van der Waals surface area contributed by atoms with Gasteiger partial charge in [-0.15, -0.1) is 0 Å². The Hall–Kier alpha value is -0.530. The lowest BCUT2D eigenvalue weighted by atomic mass is 10.1. The standard InChI is InChI=1S/C8H18N2/c1-2-3-4-5-6-7-8(9)10/h2-7H2,1H3,(H3,9,10). The molecule has 2 heteroatoms. The van der Waals surface area contributed by atoms with Crippen LogP contribution in [0.5, 0.6) is 0 Å². The molecule has 0 spiro atoms. The van der Waals surface area contributed by atoms with Crippen molar-refractivity contribution < 1.29 is 0 Å². The molecule has 2 nitrogen and oxygen atoms in total. The predicted molar refractivity (Wildman–Crippen MR) is 45.3 cm³/mol. The van der Waals surface area contributed by atoms with Gasteiger partial charge in [-0.3, -0.25) is 5.41 Å². The molecule has 0 unspecified atom stereocenters. The Bertz CT molecular complexity index is 89.3. The summed E-state index contributed by atoms with van der Waals surface area (Å²) >= 11 is 0. The first kappa shape index (κ1) is 9.47. The number of hydrogen-bond acceptors (Lipinski definition) is 1. The molecule has 3 N–H and O–H groups in total. The second-order valence-corrected chi connectivity index (χ2v) is 2.69. The zero-order valence-corrected chi connectivity index (χ0v) is 6.82. The quantitative estimate of drug-likeness (QED) is 0.333. The van der Waals surface area contributed by atoms with Crippen LogP contribution < -0.4 is 5.73 Å². The Labute approximate surface area is 63.3 Å². The average Bonchev–Trinajstić information content (AvgIpc) is 1.87. The van der Waals surface area contributed by atoms with Crippen molar-refractivity contribution in [2.45, 2.75) is 45.4 Å². The minimum absolute atomic E-state index is 0.330. The van der Waals surface area contributed by atoms with Gasteiger partial charge >= 0.3 is 0 Å². The molecule has 0 saturated heterocycles. The van der Waals surface area contributed by atoms with E-state index in [1.807, 2.05) is 0 Å². The van der Waals surface area contributed by atoms with Crippen molar-refractivity contribution in [2.75, 3.05) is 0 Å². The highest BCUT2D eigenvalue weighted by atomic mass is 14.7. The van der Waals surface area contributed by atoms with E-state index in [9.17, 15) is 0 Å². The summed E-state index contributed by atoms with van der Waals surface area (Å²) in [6, 6.07) is 0. The van der Waals surface area contributed by atoms with Crippen molar-refractivity contribution in [1.82, 2.24) is 0 Å². The molecule has 0 aromatic carbocycles. The summed E-state index contributed by atoms with van der Waals surface area (Å²) in [5.41, 5.74) is 5.19. The van der Waals surface area contributed by atoms with Gasteiger partial charge in [0, 0.05) is 6.42 Å². The van der Waals surface area contributed by atoms with Crippen molar-refractivity contribution in [2.24, 2.45) is 5.73 Å². The SMILES string of the molecule is CCCCCCCC(=N)N. The second-order valence-electron chi connectivity index (χ2n) is 2.69. The van der Waals surface area contributed by atoms with E-state index in [1.165, 1.54) is 25.7 Å². The minimum atomic E-state index is 0.330. The molecule has 0 aromatic rings. The summed E-state index contributed by atoms with van der Waals surface area (Å²) in [6.45, 7) is 2.20. The Morgan fingerprint density at radius 3 is 2.30 bits per heavy atom. The van der Waals surface area contributed by atoms with Gasteiger partial charge in [-0.25, -0.2) is 0 Å². The van der Waals surface area contributed by atoms with Gasteiger partial charge in [-0.1, -0.05) is 32.6 Å². The summed E-state index contributed by atoms with van der Waals surface area (Å²) in [7, 11) is 0. The fourth-order valence-electron chi connectivity index (χ4n) is 0.919. The number of amidine groups is 1. The number of hydrogen-bond donors (Lipinski definition) is 2. The maximum absolute atomic E-state index is 6.95. The molecule has 0 heterocycles. The van der Waals surface area contributed by atoms with Crippen LogP contribution in [0, 0.1) is 5.41 Å². The highest BCUT2D eigenvalue weighted by Gasteiger charge is 1.90. The number of rotatable bonds is 6. The van der Waals surface area contributed by atoms with E-state index in [0.29, 0.717) is 5.84 Å². The van der Waals surface area contributed by atoms with Crippen LogP contribution in [0.1, 0.15) is 45.4 Å². The van der Waals surface area contributed by atoms with E-state index in [4.69, 9.17) is 11.1 Å². The molecule has 0 aliphatic carbocycles. The molecule has 0 bridgehead atoms. The van der Waals surface area contributed by atoms with Gasteiger partial charge in [-0.2, -0.15) is 0 Å². The van der Waals surface area contributed by atoms with Crippen molar-refractivity contribution in [1.29, 1.82) is 5.41 Å². The van der Waals surface area contributed by atoms with Crippen molar-refractivity contribution in [3.05, 3.63) is 0 Å². The monoisotopic (exact) mass is 142 g/mol. The zero-order chi connectivity index (χ0) is 7.82. The zero-order valence-electron chi connectivity index (χ0n) is 6.82. The molecule has 0 amide bonds. The van der Waals surface area contributed by atoms with Gasteiger partial charge in [0.2, 0.25) is 0 Å². The third kappa shape index (κ3) is 7.47. The largest absolute Gasteiger partial charge is 0.388 e. The first-order valence-corrected chi connectivity index (χ1v) is 4.10. The van der Waals surface area contributed by atoms with Crippen LogP contribution in [0.2, 0.25) is 0 Å². The van der Waals surface area contributed by atoms with Gasteiger partial charge in [0.25, 0.3) is 0 Å². The Morgan fingerprint density at radius 1 is 1.20 bits per heavy atom. The van der Waals surface area contributed by atoms with Crippen LogP contribution in [0.3, 0.4) is 0 Å². The third-order valence-corrected chi connectivity index (χ3v) is 1.55. The van der Waals surface area contributed by atoms with Crippen LogP contribution in [0.4, 0.5) is 0 Å². The summed E-state index contributed by atoms with van der Waals surface area (Å²) < 4.78 is 0. The van der Waals surface area contributed by atoms with E-state index < -0.39 is 0 Å². The molecule has 0 saturated carbocycles. The fourth-order valence-corrected chi connectivity index (χ4v) is 0.919. The highest BCUT2D eigenvalue weighted by Crippen LogP contribution is 2.03. The summed E-state index contributed by atoms with van der Waals surface area (Å²) in [6.07, 6.45) is 6.99. The lowest BCUT2D eigenvalue weighted by Gasteiger charge is -1.97. The maximum Gasteiger partial charge on any atom is 0.0905 e. The molecular formula is C8H18N2. The molecule has 60 valence electrons. The second kappa shape index (κ2) is 6.59. The van der Waals surface area contributed by atoms with Crippen molar-refractivity contribution >= 4 is 5.84 Å². The average molecular weight is 142 g/mol. The van der Waals surface area contributed by atoms with Gasteiger partial charge in [0.15, 0.2) is 0 Å². The Morgan fingerprint density at radius 2 is 1.80 bits per heavy atom. The third-order valence-electron chi connectivity index (χ3n) is 1.55. The highest BCUT2D eigenvalue weighted by molar-refractivity contribution is 5.76. The molecule has 0 aliphatic rings. The fraction of sp³-hybridized carbons (Fsp3) is 0.875. The predicted octanol–water partition coefficient (Wildman–Crippen LogP) is 2.28. The normalized spacial score (nSPS) is 9.70. The molecule has 0 fully saturated rings. The molecule has 0 aromatic heterocycles. The van der Waals surface area contributed by atoms with E-state index >= 15 is 0 Å². The van der Waals surface area contributed by atoms with Gasteiger partial charge in [0.05, 0.1) is 5.84 Å². The van der Waals surface area contributed by atoms with Crippen molar-refractivity contribution in [3.63, 3.8) is 0 Å². The first-order valence-electron chi connectivity index (χ1n) is 4.10. The van der Waals surface area contributed by atoms with E-state index in [-0.39, 0.29) is 0 Å². The van der Waals surface area contributed by atoms with Crippen LogP contribution in [0.15, 0.2) is 0 Å². The van der Waals surface area contributed by atoms with Crippen molar-refractivity contribution in [3.8, 4) is 0 Å². The molecular weight excluding hydrogens is 124 g/mol. The van der Waals surface area contributed by atoms with Crippen LogP contribution in [-0.4, -0.2) is 5.84 Å². The molecule has 0 aliphatic heterocycles. The van der Waals surface area contributed by atoms with E-state index in [1.54, 1.807) is 0 Å². The molecule has 0 atom stereocenters. The van der Waals surface area contributed by atoms with Gasteiger partial charge < -0.3 is 5.73 Å². The summed E-state index contributed by atoms with van der Waals surface area (Å²) in [5.74, 6) is 0.330. The van der Waals surface area contributed by atoms with Crippen LogP contribution in [0.25, 0.3) is 0 Å². The number of nitrogens with two attached hydrogens (primary N) is 1. The van der Waals surface area contributed by atoms with E-state index in [2.05, 4.69) is 6.92 Å². The smallest absolute Gasteiger partial charge is 0.0905 e. The minimum Gasteiger partial charge on any atom is -0.388 e. The maximum atomic E-state index is 6.95. The van der Waals surface area contributed by atoms with E-state index in [0.717, 1.165) is 12.8 Å². The molecule has 10 heavy (non-hydrogen) atoms. The Balaban J connectivity index is 2.84. The summed E-state index contributed by atoms with van der Waals surface area (Å²) in [5, 5.41) is 6.95. The Kier molecular flexibility index (Phi) is 6.24. The lowest BCUT2D eigenvalue weighted by Crippen LogP contribution is -2.08. The first-order chi connectivity index (χ1) is 4.77. The lowest BCUT2D eigenvalue weighted by molar-refractivity contribution is 0.642. The topological polar surface area (TPSA) is 49.9 Å².